The second-order valence-corrected chi connectivity index (χ2v) is 7.89. The summed E-state index contributed by atoms with van der Waals surface area (Å²) in [4.78, 5) is 46.8. The summed E-state index contributed by atoms with van der Waals surface area (Å²) < 4.78 is 24.2. The normalized spacial score (nSPS) is 22.2. The first-order valence-electron chi connectivity index (χ1n) is 10.6. The average molecular weight is 482 g/mol. The van der Waals surface area contributed by atoms with Gasteiger partial charge in [-0.25, -0.2) is 9.97 Å². The van der Waals surface area contributed by atoms with Crippen molar-refractivity contribution in [2.45, 2.75) is 65.1 Å². The first-order valence-corrected chi connectivity index (χ1v) is 11.0. The standard InChI is InChI=1S/C20H27N5O7S/c1-5-6-7-21-20-24-14-17(22-9-23-18(14)33)25(20)19-16(31-12(4)28)15(30-11(3)27)13(32-19)8-29-10(2)26/h9,13,15-16,19H,5-8H2,1-4H3,(H,21,24)(H,22,23,33)/t13-,15-,16-,19-/m1/s1. The number of aromatic nitrogens is 4. The van der Waals surface area contributed by atoms with Crippen LogP contribution in [0.4, 0.5) is 5.95 Å². The zero-order valence-electron chi connectivity index (χ0n) is 18.8. The topological polar surface area (TPSA) is 147 Å². The molecule has 0 amide bonds. The Bertz CT molecular complexity index is 1080. The fourth-order valence-corrected chi connectivity index (χ4v) is 3.78. The van der Waals surface area contributed by atoms with Gasteiger partial charge in [0.1, 0.15) is 23.9 Å². The van der Waals surface area contributed by atoms with Crippen molar-refractivity contribution in [3.63, 3.8) is 0 Å². The molecule has 2 aromatic heterocycles. The van der Waals surface area contributed by atoms with Crippen LogP contribution in [0, 0.1) is 4.64 Å². The molecule has 0 unspecified atom stereocenters. The third-order valence-electron chi connectivity index (χ3n) is 4.91. The Morgan fingerprint density at radius 1 is 1.18 bits per heavy atom. The average Bonchev–Trinajstić information content (AvgIpc) is 3.25. The Morgan fingerprint density at radius 2 is 1.88 bits per heavy atom. The number of ether oxygens (including phenoxy) is 4. The van der Waals surface area contributed by atoms with Gasteiger partial charge in [0.2, 0.25) is 5.95 Å². The smallest absolute Gasteiger partial charge is 0.303 e. The van der Waals surface area contributed by atoms with Crippen molar-refractivity contribution in [3.8, 4) is 0 Å². The van der Waals surface area contributed by atoms with E-state index in [1.165, 1.54) is 27.1 Å². The molecule has 4 atom stereocenters. The molecule has 0 aliphatic carbocycles. The van der Waals surface area contributed by atoms with Crippen LogP contribution in [-0.4, -0.2) is 68.9 Å². The zero-order chi connectivity index (χ0) is 24.1. The van der Waals surface area contributed by atoms with Gasteiger partial charge in [0.25, 0.3) is 0 Å². The molecule has 12 nitrogen and oxygen atoms in total. The molecule has 1 aliphatic rings. The highest BCUT2D eigenvalue weighted by Gasteiger charge is 2.51. The lowest BCUT2D eigenvalue weighted by Gasteiger charge is -2.24. The van der Waals surface area contributed by atoms with E-state index in [0.717, 1.165) is 12.8 Å². The largest absolute Gasteiger partial charge is 0.463 e. The monoisotopic (exact) mass is 481 g/mol. The fourth-order valence-electron chi connectivity index (χ4n) is 3.58. The summed E-state index contributed by atoms with van der Waals surface area (Å²) >= 11 is 5.32. The third kappa shape index (κ3) is 5.66. The van der Waals surface area contributed by atoms with Gasteiger partial charge in [0.05, 0.1) is 6.33 Å². The number of hydrogen-bond donors (Lipinski definition) is 2. The van der Waals surface area contributed by atoms with Gasteiger partial charge in [-0.05, 0) is 6.42 Å². The van der Waals surface area contributed by atoms with Gasteiger partial charge < -0.3 is 29.2 Å². The quantitative estimate of drug-likeness (QED) is 0.235. The molecule has 0 bridgehead atoms. The van der Waals surface area contributed by atoms with Gasteiger partial charge in [-0.3, -0.25) is 19.0 Å². The molecule has 0 radical (unpaired) electrons. The number of anilines is 1. The Balaban J connectivity index is 2.10. The van der Waals surface area contributed by atoms with Crippen molar-refractivity contribution >= 4 is 47.2 Å². The van der Waals surface area contributed by atoms with Crippen LogP contribution in [0.15, 0.2) is 6.33 Å². The molecule has 33 heavy (non-hydrogen) atoms. The van der Waals surface area contributed by atoms with E-state index >= 15 is 0 Å². The molecule has 1 aliphatic heterocycles. The molecule has 3 rings (SSSR count). The molecule has 1 saturated heterocycles. The minimum atomic E-state index is -1.05. The molecule has 3 heterocycles. The Kier molecular flexibility index (Phi) is 7.97. The van der Waals surface area contributed by atoms with E-state index in [1.807, 2.05) is 0 Å². The van der Waals surface area contributed by atoms with E-state index in [9.17, 15) is 14.4 Å². The first-order chi connectivity index (χ1) is 15.7. The van der Waals surface area contributed by atoms with E-state index in [0.29, 0.717) is 23.7 Å². The van der Waals surface area contributed by atoms with Crippen LogP contribution in [0.3, 0.4) is 0 Å². The van der Waals surface area contributed by atoms with E-state index in [2.05, 4.69) is 27.2 Å². The summed E-state index contributed by atoms with van der Waals surface area (Å²) in [6, 6.07) is 0. The highest BCUT2D eigenvalue weighted by molar-refractivity contribution is 7.71. The van der Waals surface area contributed by atoms with E-state index in [4.69, 9.17) is 31.2 Å². The van der Waals surface area contributed by atoms with Crippen molar-refractivity contribution in [2.75, 3.05) is 18.5 Å². The highest BCUT2D eigenvalue weighted by Crippen LogP contribution is 2.38. The van der Waals surface area contributed by atoms with E-state index in [-0.39, 0.29) is 11.2 Å². The second-order valence-electron chi connectivity index (χ2n) is 7.51. The minimum Gasteiger partial charge on any atom is -0.463 e. The van der Waals surface area contributed by atoms with Crippen LogP contribution in [0.5, 0.6) is 0 Å². The summed E-state index contributed by atoms with van der Waals surface area (Å²) in [5, 5.41) is 3.25. The van der Waals surface area contributed by atoms with E-state index < -0.39 is 42.4 Å². The number of rotatable bonds is 9. The number of unbranched alkanes of at least 4 members (excludes halogenated alkanes) is 1. The summed E-state index contributed by atoms with van der Waals surface area (Å²) in [6.45, 7) is 6.20. The van der Waals surface area contributed by atoms with Crippen LogP contribution < -0.4 is 5.32 Å². The summed E-state index contributed by atoms with van der Waals surface area (Å²) in [7, 11) is 0. The van der Waals surface area contributed by atoms with Crippen molar-refractivity contribution in [2.24, 2.45) is 0 Å². The number of H-pyrrole nitrogens is 1. The van der Waals surface area contributed by atoms with Gasteiger partial charge in [-0.2, -0.15) is 0 Å². The highest BCUT2D eigenvalue weighted by atomic mass is 32.1. The molecule has 180 valence electrons. The van der Waals surface area contributed by atoms with Crippen LogP contribution >= 0.6 is 12.2 Å². The molecule has 1 fully saturated rings. The maximum atomic E-state index is 12.0. The van der Waals surface area contributed by atoms with Crippen molar-refractivity contribution < 1.29 is 33.3 Å². The fraction of sp³-hybridized carbons (Fsp3) is 0.600. The van der Waals surface area contributed by atoms with Crippen LogP contribution in [-0.2, 0) is 33.3 Å². The number of nitrogens with one attached hydrogen (secondary N) is 2. The van der Waals surface area contributed by atoms with Crippen LogP contribution in [0.1, 0.15) is 46.8 Å². The number of hydrogen-bond acceptors (Lipinski definition) is 11. The maximum absolute atomic E-state index is 12.0. The number of aromatic amines is 1. The van der Waals surface area contributed by atoms with Gasteiger partial charge in [-0.15, -0.1) is 0 Å². The molecule has 13 heteroatoms. The minimum absolute atomic E-state index is 0.204. The van der Waals surface area contributed by atoms with Gasteiger partial charge >= 0.3 is 17.9 Å². The third-order valence-corrected chi connectivity index (χ3v) is 5.20. The van der Waals surface area contributed by atoms with Crippen molar-refractivity contribution in [3.05, 3.63) is 11.0 Å². The number of esters is 3. The Hall–Kier alpha value is -3.06. The second kappa shape index (κ2) is 10.7. The Morgan fingerprint density at radius 3 is 2.52 bits per heavy atom. The van der Waals surface area contributed by atoms with Crippen molar-refractivity contribution in [1.29, 1.82) is 0 Å². The maximum Gasteiger partial charge on any atom is 0.303 e. The number of fused-ring (bicyclic) bond motifs is 1. The number of carbonyl (C=O) groups excluding carboxylic acids is 3. The molecule has 0 aromatic carbocycles. The lowest BCUT2D eigenvalue weighted by Crippen LogP contribution is -2.40. The molecule has 2 N–H and O–H groups in total. The molecule has 0 spiro atoms. The predicted octanol–water partition coefficient (Wildman–Crippen LogP) is 2.02. The summed E-state index contributed by atoms with van der Waals surface area (Å²) in [5.74, 6) is -1.32. The molecule has 0 saturated carbocycles. The van der Waals surface area contributed by atoms with Gasteiger partial charge in [0.15, 0.2) is 23.1 Å². The summed E-state index contributed by atoms with van der Waals surface area (Å²) in [5.41, 5.74) is 0.898. The predicted molar refractivity (Wildman–Crippen MR) is 118 cm³/mol. The molecular weight excluding hydrogens is 454 g/mol. The summed E-state index contributed by atoms with van der Waals surface area (Å²) in [6.07, 6.45) is -0.668. The number of imidazole rings is 1. The molecule has 2 aromatic rings. The number of nitrogens with zero attached hydrogens (tertiary/aromatic N) is 3. The van der Waals surface area contributed by atoms with Gasteiger partial charge in [-0.1, -0.05) is 25.6 Å². The number of carbonyl (C=O) groups is 3. The Labute approximate surface area is 195 Å². The lowest BCUT2D eigenvalue weighted by atomic mass is 10.1. The van der Waals surface area contributed by atoms with Crippen molar-refractivity contribution in [1.82, 2.24) is 19.5 Å². The van der Waals surface area contributed by atoms with Crippen LogP contribution in [0.2, 0.25) is 0 Å². The van der Waals surface area contributed by atoms with Gasteiger partial charge in [0, 0.05) is 27.3 Å². The van der Waals surface area contributed by atoms with Crippen LogP contribution in [0.25, 0.3) is 11.2 Å². The lowest BCUT2D eigenvalue weighted by molar-refractivity contribution is -0.166. The first kappa shape index (κ1) is 24.6. The zero-order valence-corrected chi connectivity index (χ0v) is 19.6. The molecular formula is C20H27N5O7S. The SMILES string of the molecule is CCCCNc1nc2c(=S)nc[nH]c2n1[C@@H]1O[C@H](COC(C)=O)[C@@H](OC(C)=O)[C@H]1OC(C)=O. The van der Waals surface area contributed by atoms with E-state index in [1.54, 1.807) is 4.57 Å².